The normalized spacial score (nSPS) is 18.2. The Labute approximate surface area is 130 Å². The molecule has 1 aliphatic rings. The van der Waals surface area contributed by atoms with Gasteiger partial charge >= 0.3 is 0 Å². The molecular formula is C14H16IN3O2. The minimum absolute atomic E-state index is 0.235. The zero-order valence-electron chi connectivity index (χ0n) is 11.0. The summed E-state index contributed by atoms with van der Waals surface area (Å²) in [5, 5.41) is 5.39. The Morgan fingerprint density at radius 2 is 2.30 bits per heavy atom. The molecule has 0 saturated carbocycles. The quantitative estimate of drug-likeness (QED) is 0.600. The van der Waals surface area contributed by atoms with Crippen molar-refractivity contribution in [1.29, 1.82) is 0 Å². The van der Waals surface area contributed by atoms with Crippen molar-refractivity contribution < 1.29 is 9.53 Å². The number of pyridine rings is 1. The van der Waals surface area contributed by atoms with Crippen LogP contribution >= 0.6 is 22.6 Å². The smallest absolute Gasteiger partial charge is 0.159 e. The summed E-state index contributed by atoms with van der Waals surface area (Å²) < 4.78 is 8.24. The fourth-order valence-corrected chi connectivity index (χ4v) is 3.24. The van der Waals surface area contributed by atoms with Crippen LogP contribution in [0.15, 0.2) is 18.5 Å². The SMILES string of the molecule is O=CC(CC1CCOCC1)n1ncc2c(I)ccnc21. The van der Waals surface area contributed by atoms with E-state index < -0.39 is 0 Å². The van der Waals surface area contributed by atoms with E-state index in [0.29, 0.717) is 5.92 Å². The zero-order chi connectivity index (χ0) is 13.9. The molecule has 1 aliphatic heterocycles. The highest BCUT2D eigenvalue weighted by Gasteiger charge is 2.22. The summed E-state index contributed by atoms with van der Waals surface area (Å²) in [6.45, 7) is 1.60. The van der Waals surface area contributed by atoms with Crippen LogP contribution in [0.4, 0.5) is 0 Å². The number of fused-ring (bicyclic) bond motifs is 1. The molecule has 0 aliphatic carbocycles. The van der Waals surface area contributed by atoms with E-state index in [9.17, 15) is 4.79 Å². The van der Waals surface area contributed by atoms with E-state index in [2.05, 4.69) is 32.7 Å². The summed E-state index contributed by atoms with van der Waals surface area (Å²) in [4.78, 5) is 15.9. The number of nitrogens with zero attached hydrogens (tertiary/aromatic N) is 3. The van der Waals surface area contributed by atoms with Crippen molar-refractivity contribution in [3.63, 3.8) is 0 Å². The molecule has 0 aromatic carbocycles. The van der Waals surface area contributed by atoms with E-state index >= 15 is 0 Å². The van der Waals surface area contributed by atoms with Gasteiger partial charge in [0, 0.05) is 23.0 Å². The molecule has 3 heterocycles. The van der Waals surface area contributed by atoms with Gasteiger partial charge in [0.05, 0.1) is 11.6 Å². The molecule has 20 heavy (non-hydrogen) atoms. The predicted molar refractivity (Wildman–Crippen MR) is 83.5 cm³/mol. The van der Waals surface area contributed by atoms with Gasteiger partial charge < -0.3 is 9.53 Å². The minimum Gasteiger partial charge on any atom is -0.381 e. The Morgan fingerprint density at radius 1 is 1.50 bits per heavy atom. The summed E-state index contributed by atoms with van der Waals surface area (Å²) in [7, 11) is 0. The standard InChI is InChI=1S/C14H16IN3O2/c15-13-1-4-16-14-12(13)8-17-18(14)11(9-19)7-10-2-5-20-6-3-10/h1,4,8-11H,2-3,5-7H2. The summed E-state index contributed by atoms with van der Waals surface area (Å²) in [5.74, 6) is 0.529. The molecule has 6 heteroatoms. The van der Waals surface area contributed by atoms with Crippen LogP contribution < -0.4 is 0 Å². The molecule has 2 aromatic rings. The van der Waals surface area contributed by atoms with E-state index in [1.54, 1.807) is 17.1 Å². The number of ether oxygens (including phenoxy) is 1. The van der Waals surface area contributed by atoms with Gasteiger partial charge in [-0.15, -0.1) is 0 Å². The lowest BCUT2D eigenvalue weighted by Crippen LogP contribution is -2.22. The number of carbonyl (C=O) groups excluding carboxylic acids is 1. The minimum atomic E-state index is -0.235. The van der Waals surface area contributed by atoms with Gasteiger partial charge in [-0.3, -0.25) is 0 Å². The van der Waals surface area contributed by atoms with E-state index in [1.807, 2.05) is 6.07 Å². The van der Waals surface area contributed by atoms with Crippen LogP contribution in [0.25, 0.3) is 11.0 Å². The molecule has 0 bridgehead atoms. The second-order valence-corrected chi connectivity index (χ2v) is 6.28. The van der Waals surface area contributed by atoms with Crippen LogP contribution in [0, 0.1) is 9.49 Å². The molecule has 1 saturated heterocycles. The second-order valence-electron chi connectivity index (χ2n) is 5.11. The van der Waals surface area contributed by atoms with Gasteiger partial charge in [-0.05, 0) is 53.8 Å². The number of rotatable bonds is 4. The lowest BCUT2D eigenvalue weighted by molar-refractivity contribution is -0.111. The highest BCUT2D eigenvalue weighted by atomic mass is 127. The molecule has 0 radical (unpaired) electrons. The van der Waals surface area contributed by atoms with Crippen molar-refractivity contribution in [2.75, 3.05) is 13.2 Å². The average molecular weight is 385 g/mol. The number of hydrogen-bond acceptors (Lipinski definition) is 4. The van der Waals surface area contributed by atoms with Crippen molar-refractivity contribution in [1.82, 2.24) is 14.8 Å². The van der Waals surface area contributed by atoms with Gasteiger partial charge in [0.15, 0.2) is 5.65 Å². The van der Waals surface area contributed by atoms with E-state index in [4.69, 9.17) is 4.74 Å². The first-order valence-corrected chi connectivity index (χ1v) is 7.88. The van der Waals surface area contributed by atoms with Gasteiger partial charge in [-0.25, -0.2) is 9.67 Å². The molecule has 0 N–H and O–H groups in total. The Bertz CT molecular complexity index is 607. The van der Waals surface area contributed by atoms with E-state index in [-0.39, 0.29) is 6.04 Å². The van der Waals surface area contributed by atoms with Gasteiger partial charge in [0.1, 0.15) is 12.3 Å². The topological polar surface area (TPSA) is 57.0 Å². The highest BCUT2D eigenvalue weighted by molar-refractivity contribution is 14.1. The van der Waals surface area contributed by atoms with Crippen LogP contribution in [0.5, 0.6) is 0 Å². The van der Waals surface area contributed by atoms with E-state index in [1.165, 1.54) is 0 Å². The number of aromatic nitrogens is 3. The predicted octanol–water partition coefficient (Wildman–Crippen LogP) is 2.59. The van der Waals surface area contributed by atoms with Crippen LogP contribution in [0.2, 0.25) is 0 Å². The third-order valence-corrected chi connectivity index (χ3v) is 4.77. The molecular weight excluding hydrogens is 369 g/mol. The maximum absolute atomic E-state index is 11.5. The Balaban J connectivity index is 1.87. The Morgan fingerprint density at radius 3 is 3.05 bits per heavy atom. The first-order valence-electron chi connectivity index (χ1n) is 6.80. The monoisotopic (exact) mass is 385 g/mol. The van der Waals surface area contributed by atoms with Gasteiger partial charge in [-0.2, -0.15) is 5.10 Å². The third kappa shape index (κ3) is 2.71. The lowest BCUT2D eigenvalue weighted by atomic mass is 9.93. The van der Waals surface area contributed by atoms with Crippen molar-refractivity contribution in [2.45, 2.75) is 25.3 Å². The molecule has 2 aromatic heterocycles. The van der Waals surface area contributed by atoms with Crippen molar-refractivity contribution in [3.05, 3.63) is 22.0 Å². The maximum atomic E-state index is 11.5. The van der Waals surface area contributed by atoms with E-state index in [0.717, 1.165) is 53.4 Å². The molecule has 0 spiro atoms. The van der Waals surface area contributed by atoms with Gasteiger partial charge in [-0.1, -0.05) is 0 Å². The Hall–Kier alpha value is -1.02. The summed E-state index contributed by atoms with van der Waals surface area (Å²) >= 11 is 2.26. The number of hydrogen-bond donors (Lipinski definition) is 0. The average Bonchev–Trinajstić information content (AvgIpc) is 2.91. The largest absolute Gasteiger partial charge is 0.381 e. The fraction of sp³-hybridized carbons (Fsp3) is 0.500. The lowest BCUT2D eigenvalue weighted by Gasteiger charge is -2.24. The Kier molecular flexibility index (Phi) is 4.30. The molecule has 1 fully saturated rings. The first kappa shape index (κ1) is 13.9. The fourth-order valence-electron chi connectivity index (χ4n) is 2.70. The van der Waals surface area contributed by atoms with Crippen molar-refractivity contribution in [3.8, 4) is 0 Å². The van der Waals surface area contributed by atoms with Crippen LogP contribution in [-0.2, 0) is 9.53 Å². The van der Waals surface area contributed by atoms with Gasteiger partial charge in [0.2, 0.25) is 0 Å². The third-order valence-electron chi connectivity index (χ3n) is 3.83. The van der Waals surface area contributed by atoms with Crippen LogP contribution in [0.3, 0.4) is 0 Å². The highest BCUT2D eigenvalue weighted by Crippen LogP contribution is 2.27. The molecule has 1 unspecified atom stereocenters. The zero-order valence-corrected chi connectivity index (χ0v) is 13.2. The summed E-state index contributed by atoms with van der Waals surface area (Å²) in [6.07, 6.45) is 7.41. The number of halogens is 1. The summed E-state index contributed by atoms with van der Waals surface area (Å²) in [6, 6.07) is 1.71. The van der Waals surface area contributed by atoms with Gasteiger partial charge in [0.25, 0.3) is 0 Å². The molecule has 3 rings (SSSR count). The van der Waals surface area contributed by atoms with Crippen molar-refractivity contribution >= 4 is 39.9 Å². The van der Waals surface area contributed by atoms with Crippen molar-refractivity contribution in [2.24, 2.45) is 5.92 Å². The summed E-state index contributed by atoms with van der Waals surface area (Å²) in [5.41, 5.74) is 0.793. The molecule has 5 nitrogen and oxygen atoms in total. The first-order chi connectivity index (χ1) is 9.79. The molecule has 106 valence electrons. The second kappa shape index (κ2) is 6.17. The van der Waals surface area contributed by atoms with Crippen LogP contribution in [-0.4, -0.2) is 34.3 Å². The maximum Gasteiger partial charge on any atom is 0.159 e. The van der Waals surface area contributed by atoms with Crippen LogP contribution in [0.1, 0.15) is 25.3 Å². The number of aldehydes is 1. The molecule has 0 amide bonds. The number of carbonyl (C=O) groups is 1. The molecule has 1 atom stereocenters.